The highest BCUT2D eigenvalue weighted by atomic mass is 16.2. The number of amides is 2. The third kappa shape index (κ3) is 10.2. The molecule has 2 aromatic carbocycles. The van der Waals surface area contributed by atoms with Gasteiger partial charge in [0.1, 0.15) is 11.4 Å². The number of carbonyl (C=O) groups excluding carboxylic acids is 2. The maximum absolute atomic E-state index is 13.0. The molecule has 0 bridgehead atoms. The molecule has 0 fully saturated rings. The van der Waals surface area contributed by atoms with E-state index in [-0.39, 0.29) is 0 Å². The first-order chi connectivity index (χ1) is 16.1. The van der Waals surface area contributed by atoms with E-state index in [4.69, 9.17) is 0 Å². The predicted molar refractivity (Wildman–Crippen MR) is 137 cm³/mol. The Morgan fingerprint density at radius 1 is 0.636 bits per heavy atom. The second-order valence-electron chi connectivity index (χ2n) is 7.99. The van der Waals surface area contributed by atoms with Crippen LogP contribution < -0.4 is 16.0 Å². The van der Waals surface area contributed by atoms with E-state index in [1.807, 2.05) is 60.7 Å². The minimum absolute atomic E-state index is 0.385. The Labute approximate surface area is 198 Å². The zero-order chi connectivity index (χ0) is 23.7. The Hall–Kier alpha value is -3.34. The lowest BCUT2D eigenvalue weighted by molar-refractivity contribution is -0.126. The van der Waals surface area contributed by atoms with Crippen LogP contribution in [0.4, 0.5) is 0 Å². The van der Waals surface area contributed by atoms with Crippen LogP contribution in [0.15, 0.2) is 72.1 Å². The van der Waals surface area contributed by atoms with Gasteiger partial charge in [0.05, 0.1) is 0 Å². The van der Waals surface area contributed by atoms with Gasteiger partial charge in [-0.2, -0.15) is 0 Å². The third-order valence-corrected chi connectivity index (χ3v) is 5.13. The monoisotopic (exact) mass is 447 g/mol. The summed E-state index contributed by atoms with van der Waals surface area (Å²) in [6, 6.07) is 19.3. The van der Waals surface area contributed by atoms with Crippen LogP contribution >= 0.6 is 0 Å². The Bertz CT molecular complexity index is 830. The summed E-state index contributed by atoms with van der Waals surface area (Å²) < 4.78 is 0. The normalized spacial score (nSPS) is 11.7. The van der Waals surface area contributed by atoms with Crippen LogP contribution in [-0.4, -0.2) is 24.9 Å². The van der Waals surface area contributed by atoms with Crippen LogP contribution in [0, 0.1) is 0 Å². The molecule has 176 valence electrons. The van der Waals surface area contributed by atoms with Crippen molar-refractivity contribution in [3.05, 3.63) is 83.2 Å². The molecule has 0 spiro atoms. The van der Waals surface area contributed by atoms with Crippen molar-refractivity contribution in [1.29, 1.82) is 0 Å². The highest BCUT2D eigenvalue weighted by Crippen LogP contribution is 2.08. The van der Waals surface area contributed by atoms with Gasteiger partial charge in [-0.1, -0.05) is 100 Å². The first kappa shape index (κ1) is 25.9. The number of hydrogen-bond acceptors (Lipinski definition) is 4. The smallest absolute Gasteiger partial charge is 0.274 e. The zero-order valence-electron chi connectivity index (χ0n) is 19.9. The Morgan fingerprint density at radius 3 is 1.39 bits per heavy atom. The quantitative estimate of drug-likeness (QED) is 0.272. The van der Waals surface area contributed by atoms with E-state index in [0.717, 1.165) is 49.7 Å². The molecule has 0 aliphatic heterocycles. The lowest BCUT2D eigenvalue weighted by atomic mass is 10.1. The number of imide groups is 1. The van der Waals surface area contributed by atoms with E-state index < -0.39 is 11.8 Å². The molecule has 5 heteroatoms. The number of nitrogens with one attached hydrogen (secondary N) is 3. The van der Waals surface area contributed by atoms with Crippen LogP contribution in [0.3, 0.4) is 0 Å². The molecule has 2 amide bonds. The van der Waals surface area contributed by atoms with Gasteiger partial charge in [-0.15, -0.1) is 0 Å². The molecular formula is C28H37N3O2. The summed E-state index contributed by atoms with van der Waals surface area (Å²) in [5.41, 5.74) is 2.57. The predicted octanol–water partition coefficient (Wildman–Crippen LogP) is 5.27. The van der Waals surface area contributed by atoms with Crippen LogP contribution in [0.5, 0.6) is 0 Å². The van der Waals surface area contributed by atoms with Crippen LogP contribution in [0.1, 0.15) is 63.5 Å². The summed E-state index contributed by atoms with van der Waals surface area (Å²) >= 11 is 0. The van der Waals surface area contributed by atoms with Crippen molar-refractivity contribution in [1.82, 2.24) is 16.0 Å². The van der Waals surface area contributed by atoms with Crippen LogP contribution in [-0.2, 0) is 9.59 Å². The third-order valence-electron chi connectivity index (χ3n) is 5.13. The second-order valence-corrected chi connectivity index (χ2v) is 7.99. The Kier molecular flexibility index (Phi) is 12.1. The number of rotatable bonds is 14. The van der Waals surface area contributed by atoms with E-state index in [1.54, 1.807) is 12.2 Å². The molecule has 2 rings (SSSR count). The SMILES string of the molecule is CCCCCNC(=Cc1ccccc1)C(=O)NC(=O)C(=Cc1ccccc1)NCCCCC. The number of benzene rings is 2. The minimum Gasteiger partial charge on any atom is -0.381 e. The van der Waals surface area contributed by atoms with Gasteiger partial charge in [0.2, 0.25) is 0 Å². The standard InChI is InChI=1S/C28H37N3O2/c1-3-5-13-19-29-25(21-23-15-9-7-10-16-23)27(32)31-28(33)26(30-20-14-6-4-2)22-24-17-11-8-12-18-24/h7-12,15-18,21-22,29-30H,3-6,13-14,19-20H2,1-2H3,(H,31,32,33). The molecule has 0 aliphatic carbocycles. The largest absolute Gasteiger partial charge is 0.381 e. The fourth-order valence-electron chi connectivity index (χ4n) is 3.26. The summed E-state index contributed by atoms with van der Waals surface area (Å²) in [6.45, 7) is 5.63. The minimum atomic E-state index is -0.435. The molecule has 0 aromatic heterocycles. The highest BCUT2D eigenvalue weighted by molar-refractivity contribution is 6.12. The Balaban J connectivity index is 2.16. The number of unbranched alkanes of at least 4 members (excludes halogenated alkanes) is 4. The maximum Gasteiger partial charge on any atom is 0.274 e. The number of hydrogen-bond donors (Lipinski definition) is 3. The van der Waals surface area contributed by atoms with Crippen molar-refractivity contribution in [3.8, 4) is 0 Å². The molecule has 0 unspecified atom stereocenters. The fraction of sp³-hybridized carbons (Fsp3) is 0.357. The van der Waals surface area contributed by atoms with Gasteiger partial charge < -0.3 is 10.6 Å². The van der Waals surface area contributed by atoms with Gasteiger partial charge in [0.15, 0.2) is 0 Å². The Morgan fingerprint density at radius 2 is 1.03 bits per heavy atom. The molecule has 5 nitrogen and oxygen atoms in total. The topological polar surface area (TPSA) is 70.2 Å². The van der Waals surface area contributed by atoms with Crippen molar-refractivity contribution < 1.29 is 9.59 Å². The summed E-state index contributed by atoms with van der Waals surface area (Å²) in [6.07, 6.45) is 9.84. The summed E-state index contributed by atoms with van der Waals surface area (Å²) in [7, 11) is 0. The second kappa shape index (κ2) is 15.5. The zero-order valence-corrected chi connectivity index (χ0v) is 19.9. The maximum atomic E-state index is 13.0. The van der Waals surface area contributed by atoms with Crippen LogP contribution in [0.2, 0.25) is 0 Å². The lowest BCUT2D eigenvalue weighted by Gasteiger charge is -2.14. The number of carbonyl (C=O) groups is 2. The van der Waals surface area contributed by atoms with E-state index in [9.17, 15) is 9.59 Å². The fourth-order valence-corrected chi connectivity index (χ4v) is 3.26. The molecule has 0 aliphatic rings. The summed E-state index contributed by atoms with van der Waals surface area (Å²) in [4.78, 5) is 26.1. The molecule has 33 heavy (non-hydrogen) atoms. The van der Waals surface area contributed by atoms with Crippen molar-refractivity contribution >= 4 is 24.0 Å². The van der Waals surface area contributed by atoms with E-state index >= 15 is 0 Å². The van der Waals surface area contributed by atoms with E-state index in [2.05, 4.69) is 29.8 Å². The molecule has 3 N–H and O–H groups in total. The lowest BCUT2D eigenvalue weighted by Crippen LogP contribution is -2.40. The average molecular weight is 448 g/mol. The van der Waals surface area contributed by atoms with Gasteiger partial charge in [-0.25, -0.2) is 0 Å². The molecule has 2 aromatic rings. The molecule has 0 heterocycles. The highest BCUT2D eigenvalue weighted by Gasteiger charge is 2.17. The molecular weight excluding hydrogens is 410 g/mol. The molecule has 0 saturated heterocycles. The van der Waals surface area contributed by atoms with Crippen molar-refractivity contribution in [2.24, 2.45) is 0 Å². The van der Waals surface area contributed by atoms with E-state index in [0.29, 0.717) is 24.5 Å². The van der Waals surface area contributed by atoms with Crippen LogP contribution in [0.25, 0.3) is 12.2 Å². The first-order valence-corrected chi connectivity index (χ1v) is 12.0. The van der Waals surface area contributed by atoms with Crippen molar-refractivity contribution in [3.63, 3.8) is 0 Å². The molecule has 0 radical (unpaired) electrons. The van der Waals surface area contributed by atoms with Crippen molar-refractivity contribution in [2.75, 3.05) is 13.1 Å². The van der Waals surface area contributed by atoms with E-state index in [1.165, 1.54) is 0 Å². The molecule has 0 atom stereocenters. The molecule has 0 saturated carbocycles. The van der Waals surface area contributed by atoms with Gasteiger partial charge >= 0.3 is 0 Å². The van der Waals surface area contributed by atoms with Gasteiger partial charge in [-0.05, 0) is 36.1 Å². The average Bonchev–Trinajstić information content (AvgIpc) is 2.84. The summed E-state index contributed by atoms with van der Waals surface area (Å²) in [5.74, 6) is -0.871. The van der Waals surface area contributed by atoms with Crippen molar-refractivity contribution in [2.45, 2.75) is 52.4 Å². The van der Waals surface area contributed by atoms with Gasteiger partial charge in [0, 0.05) is 13.1 Å². The van der Waals surface area contributed by atoms with Gasteiger partial charge in [0.25, 0.3) is 11.8 Å². The summed E-state index contributed by atoms with van der Waals surface area (Å²) in [5, 5.41) is 8.99. The first-order valence-electron chi connectivity index (χ1n) is 12.0. The van der Waals surface area contributed by atoms with Gasteiger partial charge in [-0.3, -0.25) is 14.9 Å².